The molecule has 0 aliphatic heterocycles. The first-order chi connectivity index (χ1) is 19.3. The molecular weight excluding hydrogens is 673 g/mol. The summed E-state index contributed by atoms with van der Waals surface area (Å²) in [5.74, 6) is -0.942. The van der Waals surface area contributed by atoms with Crippen LogP contribution in [0.4, 0.5) is 5.69 Å². The molecule has 1 N–H and O–H groups in total. The Morgan fingerprint density at radius 1 is 0.927 bits per heavy atom. The maximum atomic E-state index is 14.1. The Bertz CT molecular complexity index is 1490. The van der Waals surface area contributed by atoms with Gasteiger partial charge in [-0.1, -0.05) is 100 Å². The number of hydrogen-bond acceptors (Lipinski definition) is 4. The molecule has 3 aromatic carbocycles. The first-order valence-electron chi connectivity index (χ1n) is 12.8. The standard InChI is InChI=1S/C29H31BrCl3N3O4S/c1-4-19(2)34-29(38)27(14-20-9-6-5-7-10-20)35(17-21-11-8-12-22(30)13-21)28(37)18-36(41(3,39)40)26-16-24(32)23(31)15-25(26)33/h5-13,15-16,19,27H,4,14,17-18H2,1-3H3,(H,34,38). The lowest BCUT2D eigenvalue weighted by Gasteiger charge is -2.34. The summed E-state index contributed by atoms with van der Waals surface area (Å²) in [7, 11) is -4.01. The minimum Gasteiger partial charge on any atom is -0.352 e. The van der Waals surface area contributed by atoms with E-state index >= 15 is 0 Å². The first kappa shape index (κ1) is 33.2. The fourth-order valence-corrected chi connectivity index (χ4v) is 6.12. The summed E-state index contributed by atoms with van der Waals surface area (Å²) >= 11 is 22.1. The molecule has 2 atom stereocenters. The van der Waals surface area contributed by atoms with E-state index < -0.39 is 28.5 Å². The molecule has 0 fully saturated rings. The van der Waals surface area contributed by atoms with Crippen LogP contribution in [0.15, 0.2) is 71.2 Å². The van der Waals surface area contributed by atoms with Gasteiger partial charge in [0.25, 0.3) is 0 Å². The molecule has 0 heterocycles. The lowest BCUT2D eigenvalue weighted by Crippen LogP contribution is -2.54. The second-order valence-corrected chi connectivity index (χ2v) is 13.7. The summed E-state index contributed by atoms with van der Waals surface area (Å²) < 4.78 is 27.6. The van der Waals surface area contributed by atoms with Gasteiger partial charge in [0, 0.05) is 23.5 Å². The van der Waals surface area contributed by atoms with Crippen molar-refractivity contribution in [2.45, 2.75) is 45.3 Å². The number of benzene rings is 3. The third-order valence-electron chi connectivity index (χ3n) is 6.45. The third-order valence-corrected chi connectivity index (χ3v) is 9.10. The number of sulfonamides is 1. The van der Waals surface area contributed by atoms with E-state index in [-0.39, 0.29) is 45.7 Å². The van der Waals surface area contributed by atoms with Gasteiger partial charge in [-0.15, -0.1) is 0 Å². The van der Waals surface area contributed by atoms with Crippen LogP contribution < -0.4 is 9.62 Å². The van der Waals surface area contributed by atoms with Gasteiger partial charge in [-0.25, -0.2) is 8.42 Å². The lowest BCUT2D eigenvalue weighted by molar-refractivity contribution is -0.140. The van der Waals surface area contributed by atoms with E-state index in [0.29, 0.717) is 6.42 Å². The van der Waals surface area contributed by atoms with E-state index in [1.54, 1.807) is 0 Å². The fourth-order valence-electron chi connectivity index (χ4n) is 4.13. The highest BCUT2D eigenvalue weighted by Gasteiger charge is 2.34. The number of amides is 2. The molecule has 3 rings (SSSR count). The summed E-state index contributed by atoms with van der Waals surface area (Å²) in [5, 5.41) is 3.22. The normalized spacial score (nSPS) is 12.9. The molecule has 0 saturated heterocycles. The van der Waals surface area contributed by atoms with Crippen molar-refractivity contribution in [2.24, 2.45) is 0 Å². The topological polar surface area (TPSA) is 86.8 Å². The van der Waals surface area contributed by atoms with Gasteiger partial charge < -0.3 is 10.2 Å². The highest BCUT2D eigenvalue weighted by Crippen LogP contribution is 2.35. The predicted octanol–water partition coefficient (Wildman–Crippen LogP) is 6.73. The zero-order chi connectivity index (χ0) is 30.3. The fraction of sp³-hybridized carbons (Fsp3) is 0.310. The van der Waals surface area contributed by atoms with Gasteiger partial charge in [-0.3, -0.25) is 13.9 Å². The predicted molar refractivity (Wildman–Crippen MR) is 170 cm³/mol. The average molecular weight is 704 g/mol. The maximum absolute atomic E-state index is 14.1. The van der Waals surface area contributed by atoms with Crippen molar-refractivity contribution in [3.05, 3.63) is 97.4 Å². The molecule has 3 aromatic rings. The molecule has 12 heteroatoms. The van der Waals surface area contributed by atoms with E-state index in [2.05, 4.69) is 21.2 Å². The van der Waals surface area contributed by atoms with Crippen LogP contribution in [0.3, 0.4) is 0 Å². The molecular formula is C29H31BrCl3N3O4S. The highest BCUT2D eigenvalue weighted by atomic mass is 79.9. The van der Waals surface area contributed by atoms with Crippen LogP contribution >= 0.6 is 50.7 Å². The zero-order valence-electron chi connectivity index (χ0n) is 22.8. The Morgan fingerprint density at radius 2 is 1.56 bits per heavy atom. The number of carbonyl (C=O) groups excluding carboxylic acids is 2. The average Bonchev–Trinajstić information content (AvgIpc) is 2.91. The van der Waals surface area contributed by atoms with E-state index in [1.807, 2.05) is 68.4 Å². The van der Waals surface area contributed by atoms with Crippen LogP contribution in [0, 0.1) is 0 Å². The summed E-state index contributed by atoms with van der Waals surface area (Å²) in [5.41, 5.74) is 1.60. The molecule has 0 radical (unpaired) electrons. The van der Waals surface area contributed by atoms with Crippen LogP contribution in [0.1, 0.15) is 31.4 Å². The summed E-state index contributed by atoms with van der Waals surface area (Å²) in [6.07, 6.45) is 1.88. The lowest BCUT2D eigenvalue weighted by atomic mass is 10.0. The third kappa shape index (κ3) is 9.35. The van der Waals surface area contributed by atoms with Crippen molar-refractivity contribution in [3.8, 4) is 0 Å². The van der Waals surface area contributed by atoms with Crippen molar-refractivity contribution < 1.29 is 18.0 Å². The Hall–Kier alpha value is -2.30. The van der Waals surface area contributed by atoms with Crippen molar-refractivity contribution in [3.63, 3.8) is 0 Å². The van der Waals surface area contributed by atoms with E-state index in [9.17, 15) is 18.0 Å². The van der Waals surface area contributed by atoms with Crippen molar-refractivity contribution >= 4 is 78.3 Å². The second-order valence-electron chi connectivity index (χ2n) is 9.66. The van der Waals surface area contributed by atoms with Gasteiger partial charge in [-0.05, 0) is 48.7 Å². The molecule has 7 nitrogen and oxygen atoms in total. The van der Waals surface area contributed by atoms with Crippen LogP contribution in [0.2, 0.25) is 15.1 Å². The Balaban J connectivity index is 2.10. The molecule has 0 aromatic heterocycles. The van der Waals surface area contributed by atoms with Crippen LogP contribution in [-0.4, -0.2) is 50.0 Å². The number of hydrogen-bond donors (Lipinski definition) is 1. The van der Waals surface area contributed by atoms with Gasteiger partial charge in [0.2, 0.25) is 21.8 Å². The SMILES string of the molecule is CCC(C)NC(=O)C(Cc1ccccc1)N(Cc1cccc(Br)c1)C(=O)CN(c1cc(Cl)c(Cl)cc1Cl)S(C)(=O)=O. The molecule has 41 heavy (non-hydrogen) atoms. The number of nitrogens with zero attached hydrogens (tertiary/aromatic N) is 2. The Labute approximate surface area is 264 Å². The Morgan fingerprint density at radius 3 is 2.17 bits per heavy atom. The summed E-state index contributed by atoms with van der Waals surface area (Å²) in [6.45, 7) is 3.27. The number of rotatable bonds is 12. The minimum atomic E-state index is -4.01. The quantitative estimate of drug-likeness (QED) is 0.212. The highest BCUT2D eigenvalue weighted by molar-refractivity contribution is 9.10. The van der Waals surface area contributed by atoms with Gasteiger partial charge in [0.1, 0.15) is 12.6 Å². The number of nitrogens with one attached hydrogen (secondary N) is 1. The molecule has 220 valence electrons. The van der Waals surface area contributed by atoms with E-state index in [1.165, 1.54) is 17.0 Å². The van der Waals surface area contributed by atoms with Gasteiger partial charge in [0.05, 0.1) is 27.0 Å². The molecule has 0 saturated carbocycles. The second kappa shape index (κ2) is 14.7. The monoisotopic (exact) mass is 701 g/mol. The van der Waals surface area contributed by atoms with Crippen LogP contribution in [0.5, 0.6) is 0 Å². The Kier molecular flexibility index (Phi) is 11.9. The summed E-state index contributed by atoms with van der Waals surface area (Å²) in [4.78, 5) is 29.3. The van der Waals surface area contributed by atoms with Gasteiger partial charge in [-0.2, -0.15) is 0 Å². The van der Waals surface area contributed by atoms with Crippen molar-refractivity contribution in [2.75, 3.05) is 17.1 Å². The van der Waals surface area contributed by atoms with Gasteiger partial charge in [0.15, 0.2) is 0 Å². The maximum Gasteiger partial charge on any atom is 0.244 e. The van der Waals surface area contributed by atoms with E-state index in [0.717, 1.165) is 26.2 Å². The van der Waals surface area contributed by atoms with Crippen LogP contribution in [0.25, 0.3) is 0 Å². The number of carbonyl (C=O) groups is 2. The van der Waals surface area contributed by atoms with E-state index in [4.69, 9.17) is 34.8 Å². The minimum absolute atomic E-state index is 0.00277. The van der Waals surface area contributed by atoms with Gasteiger partial charge >= 0.3 is 0 Å². The van der Waals surface area contributed by atoms with Crippen molar-refractivity contribution in [1.82, 2.24) is 10.2 Å². The first-order valence-corrected chi connectivity index (χ1v) is 16.6. The molecule has 0 aliphatic rings. The number of halogens is 4. The van der Waals surface area contributed by atoms with Crippen molar-refractivity contribution in [1.29, 1.82) is 0 Å². The molecule has 2 unspecified atom stereocenters. The van der Waals surface area contributed by atoms with Crippen LogP contribution in [-0.2, 0) is 32.6 Å². The largest absolute Gasteiger partial charge is 0.352 e. The molecule has 0 spiro atoms. The molecule has 0 aliphatic carbocycles. The smallest absolute Gasteiger partial charge is 0.244 e. The zero-order valence-corrected chi connectivity index (χ0v) is 27.5. The summed E-state index contributed by atoms with van der Waals surface area (Å²) in [6, 6.07) is 18.2. The molecule has 0 bridgehead atoms. The number of anilines is 1. The molecule has 2 amide bonds.